The van der Waals surface area contributed by atoms with Crippen molar-refractivity contribution in [3.8, 4) is 39.4 Å². The Morgan fingerprint density at radius 3 is 1.80 bits per heavy atom. The maximum atomic E-state index is 12.8. The average Bonchev–Trinajstić information content (AvgIpc) is 3.53. The number of benzene rings is 3. The van der Waals surface area contributed by atoms with E-state index in [1.807, 2.05) is 30.3 Å². The minimum absolute atomic E-state index is 0.105. The summed E-state index contributed by atoms with van der Waals surface area (Å²) in [4.78, 5) is 35.2. The molecular formula is C35H30F3N3O4S. The number of hydrogen-bond donors (Lipinski definition) is 2. The van der Waals surface area contributed by atoms with Gasteiger partial charge in [-0.3, -0.25) is 4.79 Å². The van der Waals surface area contributed by atoms with Gasteiger partial charge in [0.15, 0.2) is 5.82 Å². The van der Waals surface area contributed by atoms with Crippen LogP contribution in [0, 0.1) is 0 Å². The van der Waals surface area contributed by atoms with Gasteiger partial charge in [0.05, 0.1) is 4.88 Å². The van der Waals surface area contributed by atoms with Crippen molar-refractivity contribution in [3.63, 3.8) is 0 Å². The Morgan fingerprint density at radius 2 is 1.30 bits per heavy atom. The predicted octanol–water partition coefficient (Wildman–Crippen LogP) is 8.16. The highest BCUT2D eigenvalue weighted by Gasteiger charge is 2.31. The summed E-state index contributed by atoms with van der Waals surface area (Å²) in [6.45, 7) is 6.16. The first kappa shape index (κ1) is 32.4. The summed E-state index contributed by atoms with van der Waals surface area (Å²) in [5, 5.41) is 12.4. The van der Waals surface area contributed by atoms with Gasteiger partial charge in [-0.05, 0) is 51.9 Å². The zero-order chi connectivity index (χ0) is 33.1. The number of carbonyl (C=O) groups is 2. The Balaban J connectivity index is 1.21. The number of aromatic nitrogens is 2. The fraction of sp³-hybridized carbons (Fsp3) is 0.200. The van der Waals surface area contributed by atoms with E-state index in [0.29, 0.717) is 10.7 Å². The monoisotopic (exact) mass is 645 g/mol. The number of nitrogens with one attached hydrogen (secondary N) is 1. The molecule has 5 rings (SSSR count). The second-order valence-corrected chi connectivity index (χ2v) is 12.7. The van der Waals surface area contributed by atoms with Crippen LogP contribution in [0.15, 0.2) is 97.3 Å². The Morgan fingerprint density at radius 1 is 0.783 bits per heavy atom. The molecule has 236 valence electrons. The van der Waals surface area contributed by atoms with Crippen LogP contribution < -0.4 is 10.1 Å². The van der Waals surface area contributed by atoms with Crippen LogP contribution in [0.3, 0.4) is 0 Å². The number of amides is 1. The number of carbonyl (C=O) groups excluding carboxylic acids is 1. The Kier molecular flexibility index (Phi) is 9.24. The van der Waals surface area contributed by atoms with Crippen molar-refractivity contribution < 1.29 is 32.6 Å². The molecule has 0 saturated heterocycles. The van der Waals surface area contributed by atoms with Crippen LogP contribution in [0.5, 0.6) is 5.75 Å². The maximum absolute atomic E-state index is 12.8. The lowest BCUT2D eigenvalue weighted by Gasteiger charge is -2.16. The van der Waals surface area contributed by atoms with Crippen molar-refractivity contribution in [3.05, 3.63) is 113 Å². The van der Waals surface area contributed by atoms with Crippen molar-refractivity contribution in [1.82, 2.24) is 15.3 Å². The molecule has 5 aromatic rings. The molecule has 0 aliphatic heterocycles. The first-order valence-corrected chi connectivity index (χ1v) is 15.1. The zero-order valence-electron chi connectivity index (χ0n) is 25.1. The van der Waals surface area contributed by atoms with Crippen LogP contribution in [0.4, 0.5) is 13.2 Å². The lowest BCUT2D eigenvalue weighted by molar-refractivity contribution is -0.274. The highest BCUT2D eigenvalue weighted by molar-refractivity contribution is 7.14. The van der Waals surface area contributed by atoms with E-state index in [1.165, 1.54) is 23.5 Å². The molecule has 3 aromatic carbocycles. The molecule has 7 nitrogen and oxygen atoms in total. The largest absolute Gasteiger partial charge is 0.573 e. The number of aliphatic carboxylic acids is 1. The summed E-state index contributed by atoms with van der Waals surface area (Å²) in [5.41, 5.74) is 4.58. The van der Waals surface area contributed by atoms with Crippen molar-refractivity contribution in [2.75, 3.05) is 0 Å². The predicted molar refractivity (Wildman–Crippen MR) is 171 cm³/mol. The standard InChI is InChI=1S/C35H30F3N3O4S/c1-34(2,3)30-17-16-29(46-30)32(42)41-28(33(43)44)18-21-4-6-25(7-5-21)31-39-19-26(20-40-31)24-10-8-22(9-11-24)23-12-14-27(15-13-23)45-35(36,37)38/h4-17,19-20,28H,18H2,1-3H3,(H,41,42)(H,43,44). The van der Waals surface area contributed by atoms with Gasteiger partial charge in [0.25, 0.3) is 5.91 Å². The molecule has 46 heavy (non-hydrogen) atoms. The smallest absolute Gasteiger partial charge is 0.480 e. The summed E-state index contributed by atoms with van der Waals surface area (Å²) in [6, 6.07) is 22.8. The molecule has 0 radical (unpaired) electrons. The van der Waals surface area contributed by atoms with Gasteiger partial charge < -0.3 is 15.2 Å². The molecule has 0 spiro atoms. The van der Waals surface area contributed by atoms with E-state index in [-0.39, 0.29) is 17.6 Å². The van der Waals surface area contributed by atoms with Gasteiger partial charge in [-0.1, -0.05) is 81.4 Å². The van der Waals surface area contributed by atoms with Gasteiger partial charge in [0.2, 0.25) is 0 Å². The van der Waals surface area contributed by atoms with Crippen LogP contribution in [0.25, 0.3) is 33.6 Å². The minimum atomic E-state index is -4.74. The fourth-order valence-electron chi connectivity index (χ4n) is 4.65. The van der Waals surface area contributed by atoms with Gasteiger partial charge >= 0.3 is 12.3 Å². The Bertz CT molecular complexity index is 1810. The number of ether oxygens (including phenoxy) is 1. The number of carboxylic acids is 1. The van der Waals surface area contributed by atoms with Gasteiger partial charge in [-0.2, -0.15) is 0 Å². The van der Waals surface area contributed by atoms with E-state index in [2.05, 4.69) is 40.8 Å². The topological polar surface area (TPSA) is 101 Å². The summed E-state index contributed by atoms with van der Waals surface area (Å²) < 4.78 is 41.2. The van der Waals surface area contributed by atoms with Gasteiger partial charge in [-0.25, -0.2) is 14.8 Å². The summed E-state index contributed by atoms with van der Waals surface area (Å²) in [7, 11) is 0. The molecule has 11 heteroatoms. The second-order valence-electron chi connectivity index (χ2n) is 11.6. The van der Waals surface area contributed by atoms with E-state index in [9.17, 15) is 27.9 Å². The molecule has 1 unspecified atom stereocenters. The number of thiophene rings is 1. The van der Waals surface area contributed by atoms with Crippen LogP contribution >= 0.6 is 11.3 Å². The molecule has 2 aromatic heterocycles. The van der Waals surface area contributed by atoms with Gasteiger partial charge in [0.1, 0.15) is 11.8 Å². The minimum Gasteiger partial charge on any atom is -0.480 e. The zero-order valence-corrected chi connectivity index (χ0v) is 25.9. The molecule has 1 amide bonds. The number of hydrogen-bond acceptors (Lipinski definition) is 6. The van der Waals surface area contributed by atoms with Crippen LogP contribution in [0.1, 0.15) is 40.9 Å². The number of nitrogens with zero attached hydrogens (tertiary/aromatic N) is 2. The maximum Gasteiger partial charge on any atom is 0.573 e. The molecule has 0 saturated carbocycles. The third-order valence-electron chi connectivity index (χ3n) is 7.12. The Hall–Kier alpha value is -5.03. The van der Waals surface area contributed by atoms with Crippen molar-refractivity contribution in [1.29, 1.82) is 0 Å². The van der Waals surface area contributed by atoms with Crippen LogP contribution in [-0.4, -0.2) is 39.4 Å². The van der Waals surface area contributed by atoms with E-state index >= 15 is 0 Å². The van der Waals surface area contributed by atoms with Crippen molar-refractivity contribution >= 4 is 23.2 Å². The summed E-state index contributed by atoms with van der Waals surface area (Å²) in [6.07, 6.45) is -1.24. The summed E-state index contributed by atoms with van der Waals surface area (Å²) in [5.74, 6) is -1.33. The van der Waals surface area contributed by atoms with E-state index < -0.39 is 24.3 Å². The highest BCUT2D eigenvalue weighted by Crippen LogP contribution is 2.30. The lowest BCUT2D eigenvalue weighted by Crippen LogP contribution is -2.42. The molecule has 0 aliphatic carbocycles. The van der Waals surface area contributed by atoms with E-state index in [1.54, 1.807) is 54.9 Å². The third kappa shape index (κ3) is 8.16. The van der Waals surface area contributed by atoms with E-state index in [4.69, 9.17) is 0 Å². The first-order valence-electron chi connectivity index (χ1n) is 14.3. The average molecular weight is 646 g/mol. The van der Waals surface area contributed by atoms with Crippen LogP contribution in [0.2, 0.25) is 0 Å². The molecular weight excluding hydrogens is 615 g/mol. The summed E-state index contributed by atoms with van der Waals surface area (Å²) >= 11 is 1.36. The second kappa shape index (κ2) is 13.1. The third-order valence-corrected chi connectivity index (χ3v) is 8.63. The fourth-order valence-corrected chi connectivity index (χ4v) is 5.62. The molecule has 2 heterocycles. The molecule has 1 atom stereocenters. The number of carboxylic acid groups (broad SMARTS) is 1. The first-order chi connectivity index (χ1) is 21.7. The van der Waals surface area contributed by atoms with E-state index in [0.717, 1.165) is 38.3 Å². The number of halogens is 3. The normalized spacial score (nSPS) is 12.4. The van der Waals surface area contributed by atoms with Crippen molar-refractivity contribution in [2.24, 2.45) is 0 Å². The molecule has 0 aliphatic rings. The quantitative estimate of drug-likeness (QED) is 0.168. The molecule has 0 bridgehead atoms. The van der Waals surface area contributed by atoms with Crippen LogP contribution in [-0.2, 0) is 16.6 Å². The van der Waals surface area contributed by atoms with Gasteiger partial charge in [-0.15, -0.1) is 24.5 Å². The lowest BCUT2D eigenvalue weighted by atomic mass is 9.95. The molecule has 2 N–H and O–H groups in total. The van der Waals surface area contributed by atoms with Gasteiger partial charge in [0, 0.05) is 34.8 Å². The Labute approximate surface area is 267 Å². The SMILES string of the molecule is CC(C)(C)c1ccc(C(=O)NC(Cc2ccc(-c3ncc(-c4ccc(-c5ccc(OC(F)(F)F)cc5)cc4)cn3)cc2)C(=O)O)s1. The molecule has 0 fully saturated rings. The highest BCUT2D eigenvalue weighted by atomic mass is 32.1. The number of alkyl halides is 3. The van der Waals surface area contributed by atoms with Crippen molar-refractivity contribution in [2.45, 2.75) is 45.0 Å². The number of rotatable bonds is 9.